The van der Waals surface area contributed by atoms with E-state index in [-0.39, 0.29) is 25.2 Å². The predicted octanol–water partition coefficient (Wildman–Crippen LogP) is 18.3. The normalized spacial score (nSPS) is 13.3. The molecular weight excluding hydrogens is 813 g/mol. The average molecular weight is 911 g/mol. The summed E-state index contributed by atoms with van der Waals surface area (Å²) >= 11 is 0. The molecule has 5 nitrogen and oxygen atoms in total. The van der Waals surface area contributed by atoms with Crippen LogP contribution in [0.5, 0.6) is 0 Å². The summed E-state index contributed by atoms with van der Waals surface area (Å²) in [5, 5.41) is 0. The Morgan fingerprint density at radius 1 is 0.348 bits per heavy atom. The summed E-state index contributed by atoms with van der Waals surface area (Å²) in [7, 11) is 0. The van der Waals surface area contributed by atoms with Gasteiger partial charge in [-0.2, -0.15) is 0 Å². The summed E-state index contributed by atoms with van der Waals surface area (Å²) in [5.74, 6) is -0.465. The number of esters is 2. The lowest BCUT2D eigenvalue weighted by Gasteiger charge is -2.18. The molecule has 0 N–H and O–H groups in total. The van der Waals surface area contributed by atoms with Gasteiger partial charge in [0, 0.05) is 19.4 Å². The van der Waals surface area contributed by atoms with Gasteiger partial charge in [0.15, 0.2) is 6.10 Å². The van der Waals surface area contributed by atoms with Crippen LogP contribution < -0.4 is 0 Å². The quantitative estimate of drug-likeness (QED) is 0.0346. The monoisotopic (exact) mass is 911 g/mol. The first-order valence-corrected chi connectivity index (χ1v) is 26.7. The Morgan fingerprint density at radius 2 is 0.682 bits per heavy atom. The van der Waals surface area contributed by atoms with E-state index >= 15 is 0 Å². The maximum Gasteiger partial charge on any atom is 0.306 e. The fourth-order valence-corrected chi connectivity index (χ4v) is 6.74. The fraction of sp³-hybridized carbons (Fsp3) is 0.607. The van der Waals surface area contributed by atoms with E-state index in [4.69, 9.17) is 14.2 Å². The Bertz CT molecular complexity index is 1400. The number of ether oxygens (including phenoxy) is 3. The molecular formula is C61H98O5. The Kier molecular flexibility index (Phi) is 52.0. The summed E-state index contributed by atoms with van der Waals surface area (Å²) in [6.45, 7) is 7.42. The molecule has 0 saturated heterocycles. The van der Waals surface area contributed by atoms with Gasteiger partial charge in [0.1, 0.15) is 6.61 Å². The Morgan fingerprint density at radius 3 is 1.09 bits per heavy atom. The average Bonchev–Trinajstić information content (AvgIpc) is 3.32. The first-order valence-electron chi connectivity index (χ1n) is 26.7. The van der Waals surface area contributed by atoms with Gasteiger partial charge in [-0.05, 0) is 128 Å². The first-order chi connectivity index (χ1) is 32.6. The van der Waals surface area contributed by atoms with Gasteiger partial charge in [-0.15, -0.1) is 0 Å². The number of hydrogen-bond donors (Lipinski definition) is 0. The molecule has 0 spiro atoms. The molecule has 0 rings (SSSR count). The highest BCUT2D eigenvalue weighted by molar-refractivity contribution is 5.70. The van der Waals surface area contributed by atoms with Gasteiger partial charge in [-0.25, -0.2) is 0 Å². The minimum Gasteiger partial charge on any atom is -0.462 e. The van der Waals surface area contributed by atoms with Gasteiger partial charge in [-0.3, -0.25) is 9.59 Å². The third-order valence-electron chi connectivity index (χ3n) is 10.6. The molecule has 0 fully saturated rings. The van der Waals surface area contributed by atoms with Crippen LogP contribution in [0.2, 0.25) is 0 Å². The van der Waals surface area contributed by atoms with E-state index in [9.17, 15) is 9.59 Å². The highest BCUT2D eigenvalue weighted by atomic mass is 16.6. The van der Waals surface area contributed by atoms with Crippen molar-refractivity contribution in [1.29, 1.82) is 0 Å². The second-order valence-corrected chi connectivity index (χ2v) is 17.0. The van der Waals surface area contributed by atoms with E-state index in [0.717, 1.165) is 154 Å². The molecule has 372 valence electrons. The second-order valence-electron chi connectivity index (χ2n) is 17.0. The molecule has 0 radical (unpaired) electrons. The maximum atomic E-state index is 12.8. The molecule has 5 heteroatoms. The van der Waals surface area contributed by atoms with Crippen molar-refractivity contribution >= 4 is 11.9 Å². The molecule has 0 saturated carbocycles. The molecule has 1 unspecified atom stereocenters. The van der Waals surface area contributed by atoms with Crippen molar-refractivity contribution in [2.45, 2.75) is 219 Å². The summed E-state index contributed by atoms with van der Waals surface area (Å²) in [5.41, 5.74) is 0. The Labute approximate surface area is 407 Å². The number of carbonyl (C=O) groups is 2. The lowest BCUT2D eigenvalue weighted by molar-refractivity contribution is -0.163. The van der Waals surface area contributed by atoms with Crippen LogP contribution in [0.4, 0.5) is 0 Å². The highest BCUT2D eigenvalue weighted by Crippen LogP contribution is 2.12. The van der Waals surface area contributed by atoms with Crippen molar-refractivity contribution in [3.05, 3.63) is 134 Å². The molecule has 0 heterocycles. The van der Waals surface area contributed by atoms with E-state index in [0.29, 0.717) is 19.4 Å². The molecule has 0 aromatic carbocycles. The van der Waals surface area contributed by atoms with Crippen LogP contribution in [0.3, 0.4) is 0 Å². The highest BCUT2D eigenvalue weighted by Gasteiger charge is 2.17. The summed E-state index contributed by atoms with van der Waals surface area (Å²) in [6, 6.07) is 0. The van der Waals surface area contributed by atoms with E-state index in [2.05, 4.69) is 154 Å². The first kappa shape index (κ1) is 62.0. The lowest BCUT2D eigenvalue weighted by atomic mass is 10.1. The summed E-state index contributed by atoms with van der Waals surface area (Å²) in [6.07, 6.45) is 78.9. The van der Waals surface area contributed by atoms with Crippen LogP contribution in [0.1, 0.15) is 213 Å². The smallest absolute Gasteiger partial charge is 0.306 e. The maximum absolute atomic E-state index is 12.8. The standard InChI is InChI=1S/C61H98O5/c1-4-7-10-13-16-19-22-25-27-29-30-31-33-35-38-41-44-47-50-53-56-64-57-59(66-61(63)55-52-49-46-43-40-36-24-21-18-15-12-9-6-3)58-65-60(62)54-51-48-45-42-39-37-34-32-28-26-23-20-17-14-11-8-5-2/h7-8,10-12,15-17,19-21,24-28,30-31,34-35,37-38,59H,4-6,9,13-14,18,22-23,29,32-33,36,39-58H2,1-3H3/b10-7-,11-8-,15-12-,19-16-,20-17-,24-21-,27-25-,28-26-,31-30-,37-34-,38-35-. The Hall–Kier alpha value is -3.96. The van der Waals surface area contributed by atoms with Crippen LogP contribution in [-0.4, -0.2) is 37.9 Å². The largest absolute Gasteiger partial charge is 0.462 e. The third-order valence-corrected chi connectivity index (χ3v) is 10.6. The van der Waals surface area contributed by atoms with Gasteiger partial charge in [0.25, 0.3) is 0 Å². The van der Waals surface area contributed by atoms with Crippen molar-refractivity contribution in [3.8, 4) is 0 Å². The minimum atomic E-state index is -0.577. The Balaban J connectivity index is 4.41. The van der Waals surface area contributed by atoms with Crippen LogP contribution in [-0.2, 0) is 23.8 Å². The van der Waals surface area contributed by atoms with Crippen LogP contribution in [0.25, 0.3) is 0 Å². The molecule has 0 bridgehead atoms. The van der Waals surface area contributed by atoms with E-state index in [1.54, 1.807) is 0 Å². The summed E-state index contributed by atoms with van der Waals surface area (Å²) in [4.78, 5) is 25.4. The van der Waals surface area contributed by atoms with Crippen LogP contribution in [0, 0.1) is 0 Å². The predicted molar refractivity (Wildman–Crippen MR) is 288 cm³/mol. The molecule has 0 aromatic heterocycles. The zero-order valence-corrected chi connectivity index (χ0v) is 42.7. The second kappa shape index (κ2) is 55.4. The zero-order chi connectivity index (χ0) is 47.7. The SMILES string of the molecule is CC/C=C\C/C=C\C/C=C\C/C=C\C/C=C\CCCCCCOCC(COC(=O)CCCCCC/C=C\C/C=C\C/C=C\C/C=C\CC)OC(=O)CCCCCCC/C=C\C/C=C\CCC. The lowest BCUT2D eigenvalue weighted by Crippen LogP contribution is -2.30. The number of carbonyl (C=O) groups excluding carboxylic acids is 2. The molecule has 66 heavy (non-hydrogen) atoms. The van der Waals surface area contributed by atoms with Crippen LogP contribution in [0.15, 0.2) is 134 Å². The topological polar surface area (TPSA) is 61.8 Å². The van der Waals surface area contributed by atoms with Crippen LogP contribution >= 0.6 is 0 Å². The molecule has 0 aromatic rings. The molecule has 0 aliphatic rings. The number of rotatable bonds is 47. The molecule has 0 amide bonds. The van der Waals surface area contributed by atoms with Gasteiger partial charge in [0.2, 0.25) is 0 Å². The molecule has 0 aliphatic heterocycles. The number of allylic oxidation sites excluding steroid dienone is 22. The minimum absolute atomic E-state index is 0.0472. The van der Waals surface area contributed by atoms with E-state index in [1.165, 1.54) is 25.7 Å². The van der Waals surface area contributed by atoms with E-state index in [1.807, 2.05) is 0 Å². The van der Waals surface area contributed by atoms with Crippen molar-refractivity contribution < 1.29 is 23.8 Å². The van der Waals surface area contributed by atoms with Crippen molar-refractivity contribution in [1.82, 2.24) is 0 Å². The fourth-order valence-electron chi connectivity index (χ4n) is 6.74. The summed E-state index contributed by atoms with van der Waals surface area (Å²) < 4.78 is 17.4. The number of unbranched alkanes of at least 4 members (excludes halogenated alkanes) is 14. The molecule has 0 aliphatic carbocycles. The third kappa shape index (κ3) is 52.7. The van der Waals surface area contributed by atoms with Gasteiger partial charge in [-0.1, -0.05) is 206 Å². The molecule has 1 atom stereocenters. The van der Waals surface area contributed by atoms with Gasteiger partial charge in [0.05, 0.1) is 6.61 Å². The van der Waals surface area contributed by atoms with Gasteiger partial charge < -0.3 is 14.2 Å². The van der Waals surface area contributed by atoms with Gasteiger partial charge >= 0.3 is 11.9 Å². The van der Waals surface area contributed by atoms with Crippen molar-refractivity contribution in [2.24, 2.45) is 0 Å². The number of hydrogen-bond acceptors (Lipinski definition) is 5. The van der Waals surface area contributed by atoms with E-state index < -0.39 is 6.10 Å². The van der Waals surface area contributed by atoms with Crippen molar-refractivity contribution in [3.63, 3.8) is 0 Å². The zero-order valence-electron chi connectivity index (χ0n) is 42.7. The van der Waals surface area contributed by atoms with Crippen molar-refractivity contribution in [2.75, 3.05) is 19.8 Å².